The van der Waals surface area contributed by atoms with Gasteiger partial charge in [0, 0.05) is 12.6 Å². The summed E-state index contributed by atoms with van der Waals surface area (Å²) >= 11 is 0. The topological polar surface area (TPSA) is 21.6 Å². The van der Waals surface area contributed by atoms with E-state index < -0.39 is 0 Å². The Morgan fingerprint density at radius 3 is 2.57 bits per heavy atom. The summed E-state index contributed by atoms with van der Waals surface area (Å²) in [5, 5.41) is 0. The lowest BCUT2D eigenvalue weighted by Crippen LogP contribution is -2.01. The molecule has 2 aromatic carbocycles. The Morgan fingerprint density at radius 1 is 1.00 bits per heavy atom. The maximum Gasteiger partial charge on any atom is 0.120 e. The first kappa shape index (κ1) is 15.5. The third kappa shape index (κ3) is 3.53. The molecule has 23 heavy (non-hydrogen) atoms. The summed E-state index contributed by atoms with van der Waals surface area (Å²) in [6.07, 6.45) is 5.29. The Kier molecular flexibility index (Phi) is 4.92. The molecular weight excluding hydrogens is 282 g/mol. The van der Waals surface area contributed by atoms with Crippen LogP contribution in [0.15, 0.2) is 59.6 Å². The summed E-state index contributed by atoms with van der Waals surface area (Å²) in [6.45, 7) is 2.92. The summed E-state index contributed by atoms with van der Waals surface area (Å²) in [4.78, 5) is 4.39. The van der Waals surface area contributed by atoms with Gasteiger partial charge >= 0.3 is 0 Å². The molecule has 0 N–H and O–H groups in total. The summed E-state index contributed by atoms with van der Waals surface area (Å²) < 4.78 is 5.94. The first-order valence-corrected chi connectivity index (χ1v) is 8.30. The SMILES string of the molecule is CCC1=CC(=NC)c2cc(OCCCc3ccccc3)ccc21. The fourth-order valence-electron chi connectivity index (χ4n) is 3.01. The molecule has 0 heterocycles. The Balaban J connectivity index is 1.60. The van der Waals surface area contributed by atoms with Gasteiger partial charge in [0.05, 0.1) is 12.3 Å². The molecule has 0 saturated carbocycles. The van der Waals surface area contributed by atoms with E-state index in [-0.39, 0.29) is 0 Å². The monoisotopic (exact) mass is 305 g/mol. The Bertz CT molecular complexity index is 729. The number of aliphatic imine (C=N–C) groups is 1. The second-order valence-corrected chi connectivity index (χ2v) is 5.78. The van der Waals surface area contributed by atoms with Gasteiger partial charge in [-0.05, 0) is 54.2 Å². The standard InChI is InChI=1S/C21H23NO/c1-3-17-14-21(22-2)20-15-18(11-12-19(17)20)23-13-7-10-16-8-5-4-6-9-16/h4-6,8-9,11-12,14-15H,3,7,10,13H2,1-2H3. The summed E-state index contributed by atoms with van der Waals surface area (Å²) in [7, 11) is 1.85. The van der Waals surface area contributed by atoms with E-state index in [0.29, 0.717) is 0 Å². The minimum atomic E-state index is 0.736. The van der Waals surface area contributed by atoms with Crippen LogP contribution >= 0.6 is 0 Å². The molecular formula is C21H23NO. The molecule has 0 radical (unpaired) electrons. The number of aryl methyl sites for hydroxylation is 1. The highest BCUT2D eigenvalue weighted by Gasteiger charge is 2.18. The largest absolute Gasteiger partial charge is 0.494 e. The first-order valence-electron chi connectivity index (χ1n) is 8.30. The highest BCUT2D eigenvalue weighted by atomic mass is 16.5. The Morgan fingerprint density at radius 2 is 1.83 bits per heavy atom. The van der Waals surface area contributed by atoms with Crippen molar-refractivity contribution in [2.45, 2.75) is 26.2 Å². The summed E-state index contributed by atoms with van der Waals surface area (Å²) in [5.41, 5.74) is 6.28. The molecule has 1 aliphatic rings. The van der Waals surface area contributed by atoms with Gasteiger partial charge in [0.15, 0.2) is 0 Å². The van der Waals surface area contributed by atoms with Crippen molar-refractivity contribution >= 4 is 11.3 Å². The fraction of sp³-hybridized carbons (Fsp3) is 0.286. The quantitative estimate of drug-likeness (QED) is 0.694. The zero-order valence-corrected chi connectivity index (χ0v) is 13.9. The van der Waals surface area contributed by atoms with Gasteiger partial charge in [-0.2, -0.15) is 0 Å². The number of benzene rings is 2. The van der Waals surface area contributed by atoms with Crippen molar-refractivity contribution in [1.29, 1.82) is 0 Å². The number of hydrogen-bond acceptors (Lipinski definition) is 2. The lowest BCUT2D eigenvalue weighted by atomic mass is 10.0. The second kappa shape index (κ2) is 7.28. The average molecular weight is 305 g/mol. The molecule has 0 bridgehead atoms. The van der Waals surface area contributed by atoms with Gasteiger partial charge in [0.2, 0.25) is 0 Å². The van der Waals surface area contributed by atoms with Crippen LogP contribution in [-0.4, -0.2) is 19.4 Å². The van der Waals surface area contributed by atoms with Crippen molar-refractivity contribution in [3.05, 3.63) is 71.3 Å². The van der Waals surface area contributed by atoms with Crippen LogP contribution in [0.2, 0.25) is 0 Å². The summed E-state index contributed by atoms with van der Waals surface area (Å²) in [5.74, 6) is 0.934. The van der Waals surface area contributed by atoms with E-state index in [2.05, 4.69) is 66.5 Å². The number of nitrogens with zero attached hydrogens (tertiary/aromatic N) is 1. The van der Waals surface area contributed by atoms with E-state index in [1.165, 1.54) is 22.3 Å². The van der Waals surface area contributed by atoms with Crippen LogP contribution in [0, 0.1) is 0 Å². The lowest BCUT2D eigenvalue weighted by molar-refractivity contribution is 0.311. The van der Waals surface area contributed by atoms with Gasteiger partial charge in [-0.25, -0.2) is 0 Å². The minimum absolute atomic E-state index is 0.736. The van der Waals surface area contributed by atoms with Gasteiger partial charge in [-0.1, -0.05) is 43.3 Å². The molecule has 0 atom stereocenters. The van der Waals surface area contributed by atoms with Crippen LogP contribution in [-0.2, 0) is 6.42 Å². The fourth-order valence-corrected chi connectivity index (χ4v) is 3.01. The molecule has 1 aliphatic carbocycles. The van der Waals surface area contributed by atoms with Crippen molar-refractivity contribution < 1.29 is 4.74 Å². The molecule has 3 rings (SSSR count). The Hall–Kier alpha value is -2.35. The van der Waals surface area contributed by atoms with E-state index in [0.717, 1.165) is 37.3 Å². The van der Waals surface area contributed by atoms with Crippen LogP contribution in [0.25, 0.3) is 5.57 Å². The number of allylic oxidation sites excluding steroid dienone is 2. The maximum absolute atomic E-state index is 5.94. The van der Waals surface area contributed by atoms with Crippen molar-refractivity contribution in [2.75, 3.05) is 13.7 Å². The van der Waals surface area contributed by atoms with Crippen LogP contribution in [0.1, 0.15) is 36.5 Å². The highest BCUT2D eigenvalue weighted by Crippen LogP contribution is 2.32. The smallest absolute Gasteiger partial charge is 0.120 e. The number of ether oxygens (including phenoxy) is 1. The molecule has 2 nitrogen and oxygen atoms in total. The zero-order chi connectivity index (χ0) is 16.1. The maximum atomic E-state index is 5.94. The average Bonchev–Trinajstić information content (AvgIpc) is 2.97. The number of rotatable bonds is 6. The van der Waals surface area contributed by atoms with Gasteiger partial charge in [-0.15, -0.1) is 0 Å². The van der Waals surface area contributed by atoms with E-state index in [1.54, 1.807) is 0 Å². The lowest BCUT2D eigenvalue weighted by Gasteiger charge is -2.09. The highest BCUT2D eigenvalue weighted by molar-refractivity contribution is 6.19. The second-order valence-electron chi connectivity index (χ2n) is 5.78. The molecule has 0 spiro atoms. The van der Waals surface area contributed by atoms with Crippen LogP contribution in [0.5, 0.6) is 5.75 Å². The minimum Gasteiger partial charge on any atom is -0.494 e. The molecule has 0 fully saturated rings. The van der Waals surface area contributed by atoms with E-state index >= 15 is 0 Å². The van der Waals surface area contributed by atoms with Crippen LogP contribution in [0.3, 0.4) is 0 Å². The number of hydrogen-bond donors (Lipinski definition) is 0. The molecule has 0 aromatic heterocycles. The zero-order valence-electron chi connectivity index (χ0n) is 13.9. The predicted molar refractivity (Wildman–Crippen MR) is 97.4 cm³/mol. The van der Waals surface area contributed by atoms with E-state index in [9.17, 15) is 0 Å². The van der Waals surface area contributed by atoms with Crippen LogP contribution < -0.4 is 4.74 Å². The molecule has 0 unspecified atom stereocenters. The van der Waals surface area contributed by atoms with Crippen molar-refractivity contribution in [2.24, 2.45) is 4.99 Å². The van der Waals surface area contributed by atoms with E-state index in [1.807, 2.05) is 7.05 Å². The number of fused-ring (bicyclic) bond motifs is 1. The Labute approximate surface area is 138 Å². The first-order chi connectivity index (χ1) is 11.3. The van der Waals surface area contributed by atoms with Crippen molar-refractivity contribution in [3.8, 4) is 5.75 Å². The third-order valence-corrected chi connectivity index (χ3v) is 4.27. The molecule has 2 heteroatoms. The van der Waals surface area contributed by atoms with Gasteiger partial charge in [0.1, 0.15) is 5.75 Å². The molecule has 0 saturated heterocycles. The molecule has 118 valence electrons. The molecule has 0 amide bonds. The van der Waals surface area contributed by atoms with Gasteiger partial charge in [-0.3, -0.25) is 4.99 Å². The van der Waals surface area contributed by atoms with Gasteiger partial charge in [0.25, 0.3) is 0 Å². The summed E-state index contributed by atoms with van der Waals surface area (Å²) in [6, 6.07) is 16.9. The molecule has 0 aliphatic heterocycles. The van der Waals surface area contributed by atoms with Crippen molar-refractivity contribution in [1.82, 2.24) is 0 Å². The molecule has 2 aromatic rings. The normalized spacial score (nSPS) is 14.7. The predicted octanol–water partition coefficient (Wildman–Crippen LogP) is 4.92. The van der Waals surface area contributed by atoms with Gasteiger partial charge < -0.3 is 4.74 Å². The third-order valence-electron chi connectivity index (χ3n) is 4.27. The van der Waals surface area contributed by atoms with E-state index in [4.69, 9.17) is 4.74 Å². The van der Waals surface area contributed by atoms with Crippen molar-refractivity contribution in [3.63, 3.8) is 0 Å². The van der Waals surface area contributed by atoms with Crippen LogP contribution in [0.4, 0.5) is 0 Å².